The third kappa shape index (κ3) is 5.07. The summed E-state index contributed by atoms with van der Waals surface area (Å²) in [5, 5.41) is 0. The molecule has 150 valence electrons. The zero-order valence-electron chi connectivity index (χ0n) is 16.1. The van der Waals surface area contributed by atoms with Crippen LogP contribution in [0.3, 0.4) is 0 Å². The Bertz CT molecular complexity index is 778. The third-order valence-corrected chi connectivity index (χ3v) is 6.81. The summed E-state index contributed by atoms with van der Waals surface area (Å²) in [5.41, 5.74) is 0.763. The van der Waals surface area contributed by atoms with Crippen molar-refractivity contribution in [1.29, 1.82) is 0 Å². The fraction of sp³-hybridized carbons (Fsp3) is 0.500. The van der Waals surface area contributed by atoms with Gasteiger partial charge in [-0.25, -0.2) is 0 Å². The molecular formula is C22H27ClN2O2S. The Balaban J connectivity index is 1.25. The van der Waals surface area contributed by atoms with E-state index in [-0.39, 0.29) is 12.0 Å². The molecule has 0 atom stereocenters. The molecule has 0 radical (unpaired) electrons. The molecule has 4 rings (SSSR count). The van der Waals surface area contributed by atoms with E-state index < -0.39 is 0 Å². The average molecular weight is 419 g/mol. The molecule has 1 aromatic carbocycles. The van der Waals surface area contributed by atoms with Crippen LogP contribution in [0.1, 0.15) is 47.3 Å². The van der Waals surface area contributed by atoms with Crippen molar-refractivity contribution >= 4 is 28.8 Å². The van der Waals surface area contributed by atoms with Crippen molar-refractivity contribution in [3.05, 3.63) is 51.2 Å². The van der Waals surface area contributed by atoms with Gasteiger partial charge in [-0.2, -0.15) is 0 Å². The van der Waals surface area contributed by atoms with E-state index in [9.17, 15) is 4.79 Å². The zero-order chi connectivity index (χ0) is 19.3. The molecule has 0 bridgehead atoms. The first-order chi connectivity index (χ1) is 13.7. The van der Waals surface area contributed by atoms with E-state index in [4.69, 9.17) is 16.3 Å². The van der Waals surface area contributed by atoms with Gasteiger partial charge in [-0.1, -0.05) is 11.6 Å². The molecule has 3 heterocycles. The second kappa shape index (κ2) is 9.29. The lowest BCUT2D eigenvalue weighted by atomic mass is 10.1. The molecule has 2 aliphatic heterocycles. The maximum Gasteiger partial charge on any atom is 0.253 e. The standard InChI is InChI=1S/C22H27ClN2O2S/c23-21-9-8-20(28-21)16-24-14-10-19(11-15-24)27-18-6-4-17(5-7-18)22(26)25-12-2-1-3-13-25/h4-9,19H,1-3,10-16H2. The highest BCUT2D eigenvalue weighted by Crippen LogP contribution is 2.25. The topological polar surface area (TPSA) is 32.8 Å². The normalized spacial score (nSPS) is 19.0. The Kier molecular flexibility index (Phi) is 6.55. The van der Waals surface area contributed by atoms with E-state index in [1.54, 1.807) is 11.3 Å². The second-order valence-electron chi connectivity index (χ2n) is 7.68. The van der Waals surface area contributed by atoms with Crippen LogP contribution in [0.15, 0.2) is 36.4 Å². The summed E-state index contributed by atoms with van der Waals surface area (Å²) in [6.45, 7) is 4.80. The Hall–Kier alpha value is -1.56. The summed E-state index contributed by atoms with van der Waals surface area (Å²) >= 11 is 7.68. The number of ether oxygens (including phenoxy) is 1. The summed E-state index contributed by atoms with van der Waals surface area (Å²) in [7, 11) is 0. The van der Waals surface area contributed by atoms with E-state index in [1.165, 1.54) is 11.3 Å². The second-order valence-corrected chi connectivity index (χ2v) is 9.48. The van der Waals surface area contributed by atoms with E-state index in [0.29, 0.717) is 0 Å². The van der Waals surface area contributed by atoms with Gasteiger partial charge in [0.25, 0.3) is 5.91 Å². The summed E-state index contributed by atoms with van der Waals surface area (Å²) < 4.78 is 7.02. The summed E-state index contributed by atoms with van der Waals surface area (Å²) in [6.07, 6.45) is 5.75. The predicted molar refractivity (Wildman–Crippen MR) is 114 cm³/mol. The lowest BCUT2D eigenvalue weighted by molar-refractivity contribution is 0.0724. The molecule has 2 fully saturated rings. The van der Waals surface area contributed by atoms with Crippen LogP contribution in [-0.2, 0) is 6.54 Å². The summed E-state index contributed by atoms with van der Waals surface area (Å²) in [5.74, 6) is 1.01. The number of benzene rings is 1. The molecule has 2 aromatic rings. The van der Waals surface area contributed by atoms with Crippen molar-refractivity contribution in [2.75, 3.05) is 26.2 Å². The maximum atomic E-state index is 12.6. The van der Waals surface area contributed by atoms with Crippen LogP contribution >= 0.6 is 22.9 Å². The van der Waals surface area contributed by atoms with Crippen molar-refractivity contribution in [2.45, 2.75) is 44.8 Å². The van der Waals surface area contributed by atoms with Crippen LogP contribution < -0.4 is 4.74 Å². The highest BCUT2D eigenvalue weighted by atomic mass is 35.5. The fourth-order valence-corrected chi connectivity index (χ4v) is 5.12. The minimum atomic E-state index is 0.147. The highest BCUT2D eigenvalue weighted by Gasteiger charge is 2.22. The molecule has 6 heteroatoms. The minimum Gasteiger partial charge on any atom is -0.490 e. The molecular weight excluding hydrogens is 392 g/mol. The van der Waals surface area contributed by atoms with Gasteiger partial charge in [0.1, 0.15) is 11.9 Å². The van der Waals surface area contributed by atoms with Crippen molar-refractivity contribution in [3.8, 4) is 5.75 Å². The van der Waals surface area contributed by atoms with Gasteiger partial charge in [0.15, 0.2) is 0 Å². The van der Waals surface area contributed by atoms with Crippen LogP contribution in [0.2, 0.25) is 4.34 Å². The van der Waals surface area contributed by atoms with E-state index in [1.807, 2.05) is 35.2 Å². The lowest BCUT2D eigenvalue weighted by Gasteiger charge is -2.32. The Morgan fingerprint density at radius 1 is 1.00 bits per heavy atom. The molecule has 28 heavy (non-hydrogen) atoms. The third-order valence-electron chi connectivity index (χ3n) is 5.59. The number of nitrogens with zero attached hydrogens (tertiary/aromatic N) is 2. The van der Waals surface area contributed by atoms with Crippen LogP contribution in [-0.4, -0.2) is 48.0 Å². The number of likely N-dealkylation sites (tertiary alicyclic amines) is 2. The van der Waals surface area contributed by atoms with Crippen molar-refractivity contribution < 1.29 is 9.53 Å². The van der Waals surface area contributed by atoms with Gasteiger partial charge in [0.2, 0.25) is 0 Å². The number of hydrogen-bond acceptors (Lipinski definition) is 4. The number of thiophene rings is 1. The minimum absolute atomic E-state index is 0.147. The predicted octanol–water partition coefficient (Wildman–Crippen LogP) is 5.07. The molecule has 1 amide bonds. The molecule has 4 nitrogen and oxygen atoms in total. The van der Waals surface area contributed by atoms with E-state index in [2.05, 4.69) is 11.0 Å². The zero-order valence-corrected chi connectivity index (χ0v) is 17.7. The Morgan fingerprint density at radius 2 is 1.71 bits per heavy atom. The SMILES string of the molecule is O=C(c1ccc(OC2CCN(Cc3ccc(Cl)s3)CC2)cc1)N1CCCCC1. The van der Waals surface area contributed by atoms with Gasteiger partial charge in [-0.3, -0.25) is 9.69 Å². The van der Waals surface area contributed by atoms with E-state index >= 15 is 0 Å². The number of amides is 1. The largest absolute Gasteiger partial charge is 0.490 e. The van der Waals surface area contributed by atoms with Crippen LogP contribution in [0.5, 0.6) is 5.75 Å². The van der Waals surface area contributed by atoms with Gasteiger partial charge in [0, 0.05) is 43.2 Å². The smallest absolute Gasteiger partial charge is 0.253 e. The molecule has 2 saturated heterocycles. The first kappa shape index (κ1) is 19.7. The highest BCUT2D eigenvalue weighted by molar-refractivity contribution is 7.16. The summed E-state index contributed by atoms with van der Waals surface area (Å²) in [6, 6.07) is 11.8. The Labute approximate surface area is 176 Å². The molecule has 0 N–H and O–H groups in total. The molecule has 1 aromatic heterocycles. The maximum absolute atomic E-state index is 12.6. The number of carbonyl (C=O) groups excluding carboxylic acids is 1. The van der Waals surface area contributed by atoms with Crippen LogP contribution in [0, 0.1) is 0 Å². The number of piperidine rings is 2. The quantitative estimate of drug-likeness (QED) is 0.679. The van der Waals surface area contributed by atoms with Crippen molar-refractivity contribution in [2.24, 2.45) is 0 Å². The van der Waals surface area contributed by atoms with Gasteiger partial charge in [-0.05, 0) is 68.5 Å². The van der Waals surface area contributed by atoms with Gasteiger partial charge < -0.3 is 9.64 Å². The van der Waals surface area contributed by atoms with Crippen molar-refractivity contribution in [1.82, 2.24) is 9.80 Å². The first-order valence-corrected chi connectivity index (χ1v) is 11.4. The molecule has 0 unspecified atom stereocenters. The lowest BCUT2D eigenvalue weighted by Crippen LogP contribution is -2.37. The number of carbonyl (C=O) groups is 1. The van der Waals surface area contributed by atoms with Crippen LogP contribution in [0.25, 0.3) is 0 Å². The van der Waals surface area contributed by atoms with Gasteiger partial charge in [-0.15, -0.1) is 11.3 Å². The monoisotopic (exact) mass is 418 g/mol. The van der Waals surface area contributed by atoms with Gasteiger partial charge >= 0.3 is 0 Å². The number of rotatable bonds is 5. The number of halogens is 1. The fourth-order valence-electron chi connectivity index (χ4n) is 3.99. The molecule has 0 saturated carbocycles. The van der Waals surface area contributed by atoms with E-state index in [0.717, 1.165) is 74.1 Å². The molecule has 2 aliphatic rings. The van der Waals surface area contributed by atoms with Crippen molar-refractivity contribution in [3.63, 3.8) is 0 Å². The summed E-state index contributed by atoms with van der Waals surface area (Å²) in [4.78, 5) is 18.3. The Morgan fingerprint density at radius 3 is 2.36 bits per heavy atom. The average Bonchev–Trinajstić information content (AvgIpc) is 3.15. The van der Waals surface area contributed by atoms with Crippen LogP contribution in [0.4, 0.5) is 0 Å². The molecule has 0 aliphatic carbocycles. The molecule has 0 spiro atoms. The van der Waals surface area contributed by atoms with Gasteiger partial charge in [0.05, 0.1) is 4.34 Å². The first-order valence-electron chi connectivity index (χ1n) is 10.2. The number of hydrogen-bond donors (Lipinski definition) is 0.